The zero-order chi connectivity index (χ0) is 63.1. The fourth-order valence-electron chi connectivity index (χ4n) is 12.5. The van der Waals surface area contributed by atoms with Gasteiger partial charge in [0.15, 0.2) is 0 Å². The van der Waals surface area contributed by atoms with Crippen LogP contribution in [0, 0.1) is 11.8 Å². The lowest BCUT2D eigenvalue weighted by atomic mass is 9.83. The van der Waals surface area contributed by atoms with E-state index in [9.17, 15) is 38.4 Å². The van der Waals surface area contributed by atoms with Gasteiger partial charge in [-0.3, -0.25) is 38.4 Å². The van der Waals surface area contributed by atoms with Gasteiger partial charge >= 0.3 is 0 Å². The van der Waals surface area contributed by atoms with Crippen LogP contribution in [0.5, 0.6) is 0 Å². The summed E-state index contributed by atoms with van der Waals surface area (Å²) < 4.78 is 62.7. The highest BCUT2D eigenvalue weighted by Gasteiger charge is 2.54. The second-order valence-corrected chi connectivity index (χ2v) is 24.0. The largest absolute Gasteiger partial charge is 0.343 e. The molecule has 4 aliphatic rings. The first-order valence-electron chi connectivity index (χ1n) is 30.9. The molecule has 474 valence electrons. The highest BCUT2D eigenvalue weighted by molar-refractivity contribution is 5.98. The standard InChI is InChI=1S/C66H84F4N10O8/c1-43(71-3)59(83)75-57(49-21-13-7-14-22-49)63(87)79-41-65(67,68)37-53(79)77(35-33-45-17-9-5-10-18-45)55(81)39-73-61(85)51-29-25-47(26-30-51)48-27-31-52(32-28-48)62(86)74-40-56(82)78(36-34-46-19-11-6-12-20-46)54-38-66(69,70)42-80(54)64(88)58(50-23-15-8-16-24-50)76-60(84)44(2)72-4/h5-6,9-12,17-20,25-32,43-44,49-50,53-54,57-58,71-72H,7-8,13-16,21-24,33-42H2,1-4H3,(H,73,85)(H,74,86)(H,75,83)(H,76,84)/t43-,44-,53?,54?,57-,58-/m0/s1. The lowest BCUT2D eigenvalue weighted by Gasteiger charge is -2.39. The van der Waals surface area contributed by atoms with Gasteiger partial charge in [-0.1, -0.05) is 123 Å². The number of likely N-dealkylation sites (N-methyl/N-ethyl adjacent to an activating group) is 2. The van der Waals surface area contributed by atoms with Crippen molar-refractivity contribution in [2.75, 3.05) is 53.4 Å². The molecule has 2 saturated carbocycles. The lowest BCUT2D eigenvalue weighted by Crippen LogP contribution is -2.60. The quantitative estimate of drug-likeness (QED) is 0.0386. The van der Waals surface area contributed by atoms with Crippen LogP contribution in [-0.2, 0) is 41.6 Å². The van der Waals surface area contributed by atoms with Crippen molar-refractivity contribution in [2.24, 2.45) is 11.8 Å². The summed E-state index contributed by atoms with van der Waals surface area (Å²) in [6.45, 7) is 0.144. The van der Waals surface area contributed by atoms with Gasteiger partial charge < -0.3 is 51.5 Å². The minimum Gasteiger partial charge on any atom is -0.343 e. The van der Waals surface area contributed by atoms with Crippen molar-refractivity contribution in [1.29, 1.82) is 0 Å². The topological polar surface area (TPSA) is 222 Å². The summed E-state index contributed by atoms with van der Waals surface area (Å²) in [5.41, 5.74) is 3.32. The average Bonchev–Trinajstić information content (AvgIpc) is 4.16. The number of likely N-dealkylation sites (tertiary alicyclic amines) is 2. The highest BCUT2D eigenvalue weighted by Crippen LogP contribution is 2.39. The van der Waals surface area contributed by atoms with Crippen LogP contribution >= 0.6 is 0 Å². The number of amides is 8. The minimum absolute atomic E-state index is 0.0460. The first-order valence-corrected chi connectivity index (χ1v) is 30.9. The molecular formula is C66H84F4N10O8. The van der Waals surface area contributed by atoms with E-state index in [0.717, 1.165) is 59.5 Å². The average molecular weight is 1220 g/mol. The highest BCUT2D eigenvalue weighted by atomic mass is 19.3. The maximum atomic E-state index is 15.7. The summed E-state index contributed by atoms with van der Waals surface area (Å²) >= 11 is 0. The predicted octanol–water partition coefficient (Wildman–Crippen LogP) is 6.69. The van der Waals surface area contributed by atoms with Gasteiger partial charge in [0.1, 0.15) is 24.4 Å². The Labute approximate surface area is 512 Å². The van der Waals surface area contributed by atoms with Crippen molar-refractivity contribution >= 4 is 47.3 Å². The molecule has 0 spiro atoms. The van der Waals surface area contributed by atoms with Gasteiger partial charge in [-0.15, -0.1) is 0 Å². The van der Waals surface area contributed by atoms with Gasteiger partial charge in [0.2, 0.25) is 35.4 Å². The van der Waals surface area contributed by atoms with Gasteiger partial charge in [0, 0.05) is 24.2 Å². The normalized spacial score (nSPS) is 19.8. The summed E-state index contributed by atoms with van der Waals surface area (Å²) in [4.78, 5) is 116. The van der Waals surface area contributed by atoms with Gasteiger partial charge in [-0.25, -0.2) is 17.6 Å². The number of hydrogen-bond acceptors (Lipinski definition) is 10. The number of halogens is 4. The van der Waals surface area contributed by atoms with Crippen LogP contribution < -0.4 is 31.9 Å². The molecule has 0 bridgehead atoms. The fraction of sp³-hybridized carbons (Fsp3) is 0.515. The van der Waals surface area contributed by atoms with E-state index in [1.165, 1.54) is 34.1 Å². The Morgan fingerprint density at radius 1 is 0.500 bits per heavy atom. The summed E-state index contributed by atoms with van der Waals surface area (Å²) in [7, 11) is 3.21. The van der Waals surface area contributed by atoms with Crippen LogP contribution in [0.1, 0.15) is 123 Å². The van der Waals surface area contributed by atoms with Crippen LogP contribution in [0.4, 0.5) is 17.6 Å². The molecule has 22 heteroatoms. The Balaban J connectivity index is 0.918. The molecule has 8 rings (SSSR count). The second kappa shape index (κ2) is 30.5. The third-order valence-corrected chi connectivity index (χ3v) is 17.8. The number of nitrogens with one attached hydrogen (secondary N) is 6. The van der Waals surface area contributed by atoms with Crippen LogP contribution in [-0.4, -0.2) is 169 Å². The summed E-state index contributed by atoms with van der Waals surface area (Å²) in [5.74, 6) is -12.1. The first-order chi connectivity index (χ1) is 42.1. The molecule has 4 aromatic carbocycles. The van der Waals surface area contributed by atoms with Gasteiger partial charge in [0.05, 0.1) is 51.1 Å². The number of carbonyl (C=O) groups is 8. The van der Waals surface area contributed by atoms with E-state index < -0.39 is 135 Å². The van der Waals surface area contributed by atoms with Crippen molar-refractivity contribution in [3.05, 3.63) is 131 Å². The second-order valence-electron chi connectivity index (χ2n) is 24.0. The van der Waals surface area contributed by atoms with E-state index in [4.69, 9.17) is 0 Å². The lowest BCUT2D eigenvalue weighted by molar-refractivity contribution is -0.148. The number of alkyl halides is 4. The van der Waals surface area contributed by atoms with Crippen LogP contribution in [0.3, 0.4) is 0 Å². The smallest absolute Gasteiger partial charge is 0.269 e. The molecule has 2 saturated heterocycles. The van der Waals surface area contributed by atoms with Crippen LogP contribution in [0.15, 0.2) is 109 Å². The van der Waals surface area contributed by atoms with E-state index in [1.807, 2.05) is 60.7 Å². The zero-order valence-electron chi connectivity index (χ0n) is 50.7. The number of rotatable bonds is 25. The summed E-state index contributed by atoms with van der Waals surface area (Å²) in [5, 5.41) is 16.7. The molecule has 4 aromatic rings. The Morgan fingerprint density at radius 3 is 1.17 bits per heavy atom. The zero-order valence-corrected chi connectivity index (χ0v) is 50.7. The molecule has 6 N–H and O–H groups in total. The van der Waals surface area contributed by atoms with E-state index in [2.05, 4.69) is 31.9 Å². The number of carbonyl (C=O) groups excluding carboxylic acids is 8. The summed E-state index contributed by atoms with van der Waals surface area (Å²) in [6, 6.07) is 27.6. The molecule has 2 aliphatic carbocycles. The Kier molecular flexibility index (Phi) is 22.9. The molecule has 2 heterocycles. The first kappa shape index (κ1) is 66.2. The Morgan fingerprint density at radius 2 is 0.841 bits per heavy atom. The summed E-state index contributed by atoms with van der Waals surface area (Å²) in [6.07, 6.45) is 3.85. The molecular weight excluding hydrogens is 1140 g/mol. The van der Waals surface area contributed by atoms with E-state index in [-0.39, 0.29) is 48.9 Å². The maximum Gasteiger partial charge on any atom is 0.269 e. The molecule has 4 fully saturated rings. The SMILES string of the molecule is CN[C@@H](C)C(=O)N[C@H](C(=O)N1CC(F)(F)CC1N(CCc1ccccc1)C(=O)CNC(=O)c1ccc(-c2ccc(C(=O)NCC(=O)N(CCc3ccccc3)C3CC(F)(F)CN3C(=O)[C@@H](NC(=O)[C@H](C)NC)C3CCCCC3)cc2)cc1)C1CCCCC1. The molecule has 6 atom stereocenters. The molecule has 2 aliphatic heterocycles. The Hall–Kier alpha value is -7.72. The van der Waals surface area contributed by atoms with Gasteiger partial charge in [-0.05, 0) is 125 Å². The minimum atomic E-state index is -3.35. The van der Waals surface area contributed by atoms with Crippen molar-refractivity contribution in [3.63, 3.8) is 0 Å². The number of benzene rings is 4. The molecule has 2 unspecified atom stereocenters. The van der Waals surface area contributed by atoms with E-state index in [1.54, 1.807) is 52.2 Å². The number of nitrogens with zero attached hydrogens (tertiary/aromatic N) is 4. The molecule has 8 amide bonds. The predicted molar refractivity (Wildman–Crippen MR) is 324 cm³/mol. The number of hydrogen-bond donors (Lipinski definition) is 6. The van der Waals surface area contributed by atoms with Crippen molar-refractivity contribution in [1.82, 2.24) is 51.5 Å². The molecule has 88 heavy (non-hydrogen) atoms. The third kappa shape index (κ3) is 17.3. The van der Waals surface area contributed by atoms with Crippen molar-refractivity contribution in [3.8, 4) is 11.1 Å². The van der Waals surface area contributed by atoms with Gasteiger partial charge in [-0.2, -0.15) is 0 Å². The third-order valence-electron chi connectivity index (χ3n) is 17.8. The molecule has 0 radical (unpaired) electrons. The molecule has 18 nitrogen and oxygen atoms in total. The van der Waals surface area contributed by atoms with Crippen LogP contribution in [0.2, 0.25) is 0 Å². The maximum absolute atomic E-state index is 15.7. The van der Waals surface area contributed by atoms with Crippen molar-refractivity contribution < 1.29 is 55.9 Å². The van der Waals surface area contributed by atoms with Gasteiger partial charge in [0.25, 0.3) is 23.7 Å². The van der Waals surface area contributed by atoms with E-state index >= 15 is 17.6 Å². The van der Waals surface area contributed by atoms with E-state index in [0.29, 0.717) is 36.8 Å². The fourth-order valence-corrected chi connectivity index (χ4v) is 12.5. The van der Waals surface area contributed by atoms with Crippen molar-refractivity contribution in [2.45, 2.75) is 152 Å². The monoisotopic (exact) mass is 1220 g/mol. The Bertz CT molecular complexity index is 2840. The van der Waals surface area contributed by atoms with Crippen LogP contribution in [0.25, 0.3) is 11.1 Å². The molecule has 0 aromatic heterocycles.